The minimum Gasteiger partial charge on any atom is -0.352 e. The van der Waals surface area contributed by atoms with Crippen LogP contribution in [0.2, 0.25) is 0 Å². The highest BCUT2D eigenvalue weighted by Gasteiger charge is 2.08. The number of rotatable bonds is 6. The van der Waals surface area contributed by atoms with Crippen LogP contribution in [0, 0.1) is 5.82 Å². The molecule has 0 saturated carbocycles. The van der Waals surface area contributed by atoms with Crippen LogP contribution in [0.3, 0.4) is 0 Å². The molecule has 1 amide bonds. The van der Waals surface area contributed by atoms with Gasteiger partial charge < -0.3 is 15.5 Å². The first-order valence-corrected chi connectivity index (χ1v) is 8.57. The number of carbonyl (C=O) groups is 1. The van der Waals surface area contributed by atoms with Gasteiger partial charge in [0.2, 0.25) is 0 Å². The predicted molar refractivity (Wildman–Crippen MR) is 103 cm³/mol. The second-order valence-electron chi connectivity index (χ2n) is 5.94. The highest BCUT2D eigenvalue weighted by atomic mass is 19.1. The Labute approximate surface area is 153 Å². The van der Waals surface area contributed by atoms with Gasteiger partial charge >= 0.3 is 0 Å². The average Bonchev–Trinajstić information content (AvgIpc) is 2.63. The monoisotopic (exact) mass is 356 g/mol. The van der Waals surface area contributed by atoms with E-state index in [1.807, 2.05) is 37.1 Å². The fraction of sp³-hybridized carbons (Fsp3) is 0.300. The summed E-state index contributed by atoms with van der Waals surface area (Å²) in [6.07, 6.45) is 0. The number of aliphatic imine (C=N–C) groups is 1. The number of nitrogens with zero attached hydrogens (tertiary/aromatic N) is 2. The van der Waals surface area contributed by atoms with Gasteiger partial charge in [0.1, 0.15) is 5.82 Å². The molecule has 138 valence electrons. The second kappa shape index (κ2) is 9.56. The summed E-state index contributed by atoms with van der Waals surface area (Å²) in [7, 11) is 3.61. The molecule has 0 saturated heterocycles. The van der Waals surface area contributed by atoms with Gasteiger partial charge in [-0.3, -0.25) is 9.79 Å². The molecule has 0 aliphatic heterocycles. The smallest absolute Gasteiger partial charge is 0.251 e. The van der Waals surface area contributed by atoms with E-state index in [9.17, 15) is 9.18 Å². The van der Waals surface area contributed by atoms with Gasteiger partial charge in [-0.2, -0.15) is 0 Å². The maximum Gasteiger partial charge on any atom is 0.251 e. The van der Waals surface area contributed by atoms with E-state index < -0.39 is 0 Å². The molecule has 2 N–H and O–H groups in total. The van der Waals surface area contributed by atoms with Crippen LogP contribution in [0.15, 0.2) is 53.5 Å². The summed E-state index contributed by atoms with van der Waals surface area (Å²) in [5.41, 5.74) is 2.56. The van der Waals surface area contributed by atoms with Gasteiger partial charge in [-0.1, -0.05) is 24.3 Å². The summed E-state index contributed by atoms with van der Waals surface area (Å²) >= 11 is 0. The lowest BCUT2D eigenvalue weighted by molar-refractivity contribution is 0.0956. The zero-order valence-corrected chi connectivity index (χ0v) is 15.4. The van der Waals surface area contributed by atoms with Gasteiger partial charge in [-0.25, -0.2) is 4.39 Å². The number of halogens is 1. The molecule has 0 spiro atoms. The summed E-state index contributed by atoms with van der Waals surface area (Å²) in [6.45, 7) is 3.63. The molecule has 5 nitrogen and oxygen atoms in total. The molecule has 6 heteroatoms. The molecule has 0 atom stereocenters. The van der Waals surface area contributed by atoms with Crippen LogP contribution in [-0.2, 0) is 13.1 Å². The molecule has 0 aromatic heterocycles. The number of hydrogen-bond acceptors (Lipinski definition) is 2. The van der Waals surface area contributed by atoms with Crippen molar-refractivity contribution in [2.24, 2.45) is 4.99 Å². The molecule has 26 heavy (non-hydrogen) atoms. The lowest BCUT2D eigenvalue weighted by Gasteiger charge is -2.22. The van der Waals surface area contributed by atoms with E-state index in [-0.39, 0.29) is 11.7 Å². The standard InChI is InChI=1S/C20H25FN4O/c1-4-23-19(26)17-10-8-15(9-11-17)13-24-20(22-2)25(3)14-16-6-5-7-18(21)12-16/h5-12H,4,13-14H2,1-3H3,(H,22,24)(H,23,26). The Morgan fingerprint density at radius 3 is 2.46 bits per heavy atom. The zero-order valence-electron chi connectivity index (χ0n) is 15.4. The first-order valence-electron chi connectivity index (χ1n) is 8.57. The molecule has 0 fully saturated rings. The summed E-state index contributed by atoms with van der Waals surface area (Å²) in [5.74, 6) is 0.394. The second-order valence-corrected chi connectivity index (χ2v) is 5.94. The van der Waals surface area contributed by atoms with Crippen LogP contribution in [-0.4, -0.2) is 37.4 Å². The van der Waals surface area contributed by atoms with Crippen molar-refractivity contribution in [2.75, 3.05) is 20.6 Å². The van der Waals surface area contributed by atoms with Crippen molar-refractivity contribution in [3.63, 3.8) is 0 Å². The fourth-order valence-corrected chi connectivity index (χ4v) is 2.59. The van der Waals surface area contributed by atoms with Crippen molar-refractivity contribution in [2.45, 2.75) is 20.0 Å². The third-order valence-corrected chi connectivity index (χ3v) is 3.89. The van der Waals surface area contributed by atoms with Crippen LogP contribution in [0.4, 0.5) is 4.39 Å². The molecule has 0 bridgehead atoms. The molecule has 0 heterocycles. The quantitative estimate of drug-likeness (QED) is 0.618. The van der Waals surface area contributed by atoms with E-state index in [0.29, 0.717) is 31.2 Å². The van der Waals surface area contributed by atoms with Gasteiger partial charge in [-0.15, -0.1) is 0 Å². The molecule has 0 radical (unpaired) electrons. The summed E-state index contributed by atoms with van der Waals surface area (Å²) in [5, 5.41) is 6.05. The number of guanidine groups is 1. The van der Waals surface area contributed by atoms with Gasteiger partial charge in [-0.05, 0) is 42.3 Å². The number of benzene rings is 2. The summed E-state index contributed by atoms with van der Waals surface area (Å²) < 4.78 is 13.3. The molecular formula is C20H25FN4O. The Morgan fingerprint density at radius 1 is 1.12 bits per heavy atom. The van der Waals surface area contributed by atoms with Crippen molar-refractivity contribution in [1.82, 2.24) is 15.5 Å². The van der Waals surface area contributed by atoms with Crippen molar-refractivity contribution >= 4 is 11.9 Å². The molecule has 0 unspecified atom stereocenters. The van der Waals surface area contributed by atoms with Crippen molar-refractivity contribution in [1.29, 1.82) is 0 Å². The van der Waals surface area contributed by atoms with E-state index >= 15 is 0 Å². The minimum atomic E-state index is -0.244. The lowest BCUT2D eigenvalue weighted by atomic mass is 10.1. The van der Waals surface area contributed by atoms with Gasteiger partial charge in [0.05, 0.1) is 0 Å². The van der Waals surface area contributed by atoms with E-state index in [4.69, 9.17) is 0 Å². The lowest BCUT2D eigenvalue weighted by Crippen LogP contribution is -2.38. The van der Waals surface area contributed by atoms with Gasteiger partial charge in [0, 0.05) is 39.3 Å². The minimum absolute atomic E-state index is 0.0716. The number of carbonyl (C=O) groups excluding carboxylic acids is 1. The molecule has 0 aliphatic carbocycles. The molecule has 2 rings (SSSR count). The van der Waals surface area contributed by atoms with Crippen LogP contribution in [0.1, 0.15) is 28.4 Å². The Balaban J connectivity index is 1.92. The van der Waals surface area contributed by atoms with Crippen LogP contribution < -0.4 is 10.6 Å². The van der Waals surface area contributed by atoms with Crippen molar-refractivity contribution in [3.05, 3.63) is 71.0 Å². The van der Waals surface area contributed by atoms with E-state index in [0.717, 1.165) is 11.1 Å². The third kappa shape index (κ3) is 5.58. The average molecular weight is 356 g/mol. The van der Waals surface area contributed by atoms with Crippen molar-refractivity contribution in [3.8, 4) is 0 Å². The Hall–Kier alpha value is -2.89. The highest BCUT2D eigenvalue weighted by molar-refractivity contribution is 5.94. The fourth-order valence-electron chi connectivity index (χ4n) is 2.59. The number of nitrogens with one attached hydrogen (secondary N) is 2. The zero-order chi connectivity index (χ0) is 18.9. The molecular weight excluding hydrogens is 331 g/mol. The Morgan fingerprint density at radius 2 is 1.85 bits per heavy atom. The normalized spacial score (nSPS) is 11.2. The molecule has 2 aromatic carbocycles. The Kier molecular flexibility index (Phi) is 7.14. The largest absolute Gasteiger partial charge is 0.352 e. The highest BCUT2D eigenvalue weighted by Crippen LogP contribution is 2.08. The maximum atomic E-state index is 13.3. The molecule has 0 aliphatic rings. The van der Waals surface area contributed by atoms with Gasteiger partial charge in [0.25, 0.3) is 5.91 Å². The number of hydrogen-bond donors (Lipinski definition) is 2. The molecule has 2 aromatic rings. The third-order valence-electron chi connectivity index (χ3n) is 3.89. The van der Waals surface area contributed by atoms with Crippen LogP contribution >= 0.6 is 0 Å². The SMILES string of the molecule is CCNC(=O)c1ccc(CNC(=NC)N(C)Cc2cccc(F)c2)cc1. The first kappa shape index (κ1) is 19.4. The first-order chi connectivity index (χ1) is 12.5. The van der Waals surface area contributed by atoms with Crippen molar-refractivity contribution < 1.29 is 9.18 Å². The van der Waals surface area contributed by atoms with Crippen LogP contribution in [0.5, 0.6) is 0 Å². The summed E-state index contributed by atoms with van der Waals surface area (Å²) in [6, 6.07) is 14.0. The van der Waals surface area contributed by atoms with E-state index in [1.165, 1.54) is 12.1 Å². The maximum absolute atomic E-state index is 13.3. The summed E-state index contributed by atoms with van der Waals surface area (Å²) in [4.78, 5) is 18.0. The predicted octanol–water partition coefficient (Wildman–Crippen LogP) is 2.78. The number of amides is 1. The van der Waals surface area contributed by atoms with E-state index in [1.54, 1.807) is 25.2 Å². The van der Waals surface area contributed by atoms with E-state index in [2.05, 4.69) is 15.6 Å². The Bertz CT molecular complexity index is 759. The van der Waals surface area contributed by atoms with Gasteiger partial charge in [0.15, 0.2) is 5.96 Å². The van der Waals surface area contributed by atoms with Crippen LogP contribution in [0.25, 0.3) is 0 Å². The topological polar surface area (TPSA) is 56.7 Å².